The van der Waals surface area contributed by atoms with Gasteiger partial charge in [-0.1, -0.05) is 0 Å². The number of carbonyl (C=O) groups is 1. The summed E-state index contributed by atoms with van der Waals surface area (Å²) in [6.07, 6.45) is 2.38. The third kappa shape index (κ3) is 4.13. The summed E-state index contributed by atoms with van der Waals surface area (Å²) >= 11 is 0. The molecule has 0 fully saturated rings. The second-order valence-electron chi connectivity index (χ2n) is 7.44. The van der Waals surface area contributed by atoms with Crippen molar-refractivity contribution in [1.29, 1.82) is 0 Å². The third-order valence-corrected chi connectivity index (χ3v) is 7.58. The van der Waals surface area contributed by atoms with Crippen LogP contribution in [0.4, 0.5) is 8.78 Å². The van der Waals surface area contributed by atoms with Gasteiger partial charge in [-0.25, -0.2) is 22.7 Å². The zero-order valence-corrected chi connectivity index (χ0v) is 18.0. The Hall–Kier alpha value is -2.98. The van der Waals surface area contributed by atoms with E-state index in [-0.39, 0.29) is 24.1 Å². The number of ether oxygens (including phenoxy) is 1. The second kappa shape index (κ2) is 8.27. The van der Waals surface area contributed by atoms with Crippen LogP contribution in [-0.2, 0) is 21.2 Å². The van der Waals surface area contributed by atoms with Crippen LogP contribution in [0.3, 0.4) is 0 Å². The predicted octanol–water partition coefficient (Wildman–Crippen LogP) is 3.29. The quantitative estimate of drug-likeness (QED) is 0.424. The molecular weight excluding hydrogens is 430 g/mol. The van der Waals surface area contributed by atoms with Gasteiger partial charge in [-0.15, -0.1) is 0 Å². The van der Waals surface area contributed by atoms with Crippen LogP contribution in [0.15, 0.2) is 42.6 Å². The number of methoxy groups -OCH3 is 1. The van der Waals surface area contributed by atoms with E-state index in [1.54, 1.807) is 16.8 Å². The molecule has 0 spiro atoms. The maximum absolute atomic E-state index is 14.9. The lowest BCUT2D eigenvalue weighted by Crippen LogP contribution is -2.49. The lowest BCUT2D eigenvalue weighted by molar-refractivity contribution is -0.131. The molecule has 1 heterocycles. The average Bonchev–Trinajstić information content (AvgIpc) is 3.11. The van der Waals surface area contributed by atoms with E-state index in [0.717, 1.165) is 6.26 Å². The minimum absolute atomic E-state index is 0.0656. The van der Waals surface area contributed by atoms with Crippen molar-refractivity contribution in [3.05, 3.63) is 54.2 Å². The zero-order chi connectivity index (χ0) is 23.0. The summed E-state index contributed by atoms with van der Waals surface area (Å²) in [7, 11) is -2.45. The van der Waals surface area contributed by atoms with Crippen LogP contribution >= 0.6 is 0 Å². The number of aromatic nitrogens is 1. The number of carbonyl (C=O) groups excluding carboxylic acids is 1. The molecule has 0 saturated heterocycles. The number of aryl methyl sites for hydroxylation is 1. The van der Waals surface area contributed by atoms with Crippen molar-refractivity contribution in [1.82, 2.24) is 10.0 Å². The number of benzene rings is 2. The summed E-state index contributed by atoms with van der Waals surface area (Å²) in [6.45, 7) is 1.28. The number of sulfone groups is 1. The first-order valence-electron chi connectivity index (χ1n) is 9.28. The van der Waals surface area contributed by atoms with E-state index in [0.29, 0.717) is 16.7 Å². The molecule has 0 saturated carbocycles. The molecule has 2 N–H and O–H groups in total. The summed E-state index contributed by atoms with van der Waals surface area (Å²) < 4.78 is 58.2. The number of fused-ring (bicyclic) bond motifs is 1. The fraction of sp³-hybridized carbons (Fsp3) is 0.286. The molecule has 0 radical (unpaired) electrons. The van der Waals surface area contributed by atoms with E-state index >= 15 is 0 Å². The van der Waals surface area contributed by atoms with Gasteiger partial charge in [0.1, 0.15) is 17.4 Å². The van der Waals surface area contributed by atoms with Gasteiger partial charge in [0.25, 0.3) is 5.91 Å². The number of hydrogen-bond acceptors (Lipinski definition) is 5. The Morgan fingerprint density at radius 1 is 1.16 bits per heavy atom. The summed E-state index contributed by atoms with van der Waals surface area (Å²) in [5.74, 6) is -2.02. The summed E-state index contributed by atoms with van der Waals surface area (Å²) in [5.41, 5.74) is 2.01. The van der Waals surface area contributed by atoms with Crippen LogP contribution < -0.4 is 10.2 Å². The van der Waals surface area contributed by atoms with Crippen molar-refractivity contribution in [2.45, 2.75) is 24.6 Å². The molecule has 1 unspecified atom stereocenters. The lowest BCUT2D eigenvalue weighted by Gasteiger charge is -2.25. The predicted molar refractivity (Wildman–Crippen MR) is 112 cm³/mol. The molecule has 1 atom stereocenters. The number of halogens is 2. The molecule has 3 aromatic rings. The smallest absolute Gasteiger partial charge is 0.264 e. The Morgan fingerprint density at radius 2 is 1.84 bits per heavy atom. The molecule has 1 amide bonds. The van der Waals surface area contributed by atoms with E-state index < -0.39 is 32.1 Å². The van der Waals surface area contributed by atoms with Gasteiger partial charge < -0.3 is 9.30 Å². The van der Waals surface area contributed by atoms with Gasteiger partial charge in [0.15, 0.2) is 14.6 Å². The molecule has 2 aromatic carbocycles. The van der Waals surface area contributed by atoms with E-state index in [1.807, 2.05) is 0 Å². The van der Waals surface area contributed by atoms with Crippen LogP contribution in [0.1, 0.15) is 13.3 Å². The highest BCUT2D eigenvalue weighted by Gasteiger charge is 2.43. The van der Waals surface area contributed by atoms with Crippen LogP contribution in [0.25, 0.3) is 22.0 Å². The molecule has 0 aliphatic heterocycles. The standard InChI is InChI=1S/C21H22F2N2O5S/c1-21(20(26)24-27,31(3,28)29)7-9-25-8-6-13-10-16(18(23)12-19(13)25)15-5-4-14(30-2)11-17(15)22/h4-6,8,10-12,27H,7,9H2,1-3H3,(H,24,26). The van der Waals surface area contributed by atoms with E-state index in [9.17, 15) is 22.0 Å². The monoisotopic (exact) mass is 452 g/mol. The maximum Gasteiger partial charge on any atom is 0.264 e. The molecule has 1 aromatic heterocycles. The van der Waals surface area contributed by atoms with Gasteiger partial charge in [0.2, 0.25) is 0 Å². The van der Waals surface area contributed by atoms with Gasteiger partial charge in [-0.2, -0.15) is 0 Å². The fourth-order valence-corrected chi connectivity index (χ4v) is 4.22. The Bertz CT molecular complexity index is 1260. The first-order valence-corrected chi connectivity index (χ1v) is 11.2. The number of rotatable bonds is 7. The zero-order valence-electron chi connectivity index (χ0n) is 17.1. The first kappa shape index (κ1) is 22.7. The van der Waals surface area contributed by atoms with Gasteiger partial charge in [0.05, 0.1) is 12.6 Å². The Morgan fingerprint density at radius 3 is 2.42 bits per heavy atom. The highest BCUT2D eigenvalue weighted by Crippen LogP contribution is 2.32. The summed E-state index contributed by atoms with van der Waals surface area (Å²) in [5, 5.41) is 9.54. The maximum atomic E-state index is 14.9. The molecule has 7 nitrogen and oxygen atoms in total. The number of hydrogen-bond donors (Lipinski definition) is 2. The Labute approximate surface area is 178 Å². The van der Waals surface area contributed by atoms with Crippen molar-refractivity contribution in [3.63, 3.8) is 0 Å². The van der Waals surface area contributed by atoms with E-state index in [2.05, 4.69) is 0 Å². The number of nitrogens with one attached hydrogen (secondary N) is 1. The Kier molecular flexibility index (Phi) is 6.06. The summed E-state index contributed by atoms with van der Waals surface area (Å²) in [6, 6.07) is 8.55. The molecule has 0 aliphatic rings. The lowest BCUT2D eigenvalue weighted by atomic mass is 10.0. The molecule has 0 aliphatic carbocycles. The van der Waals surface area contributed by atoms with Crippen LogP contribution in [0.2, 0.25) is 0 Å². The van der Waals surface area contributed by atoms with Crippen molar-refractivity contribution in [2.75, 3.05) is 13.4 Å². The highest BCUT2D eigenvalue weighted by molar-refractivity contribution is 7.92. The van der Waals surface area contributed by atoms with Crippen molar-refractivity contribution in [3.8, 4) is 16.9 Å². The molecule has 3 rings (SSSR count). The van der Waals surface area contributed by atoms with Crippen LogP contribution in [-0.4, -0.2) is 42.2 Å². The number of nitrogens with zero attached hydrogens (tertiary/aromatic N) is 1. The topological polar surface area (TPSA) is 97.6 Å². The molecule has 166 valence electrons. The van der Waals surface area contributed by atoms with Crippen molar-refractivity contribution >= 4 is 26.6 Å². The molecule has 31 heavy (non-hydrogen) atoms. The van der Waals surface area contributed by atoms with Crippen molar-refractivity contribution in [2.24, 2.45) is 0 Å². The molecule has 10 heteroatoms. The minimum Gasteiger partial charge on any atom is -0.497 e. The fourth-order valence-electron chi connectivity index (χ4n) is 3.37. The van der Waals surface area contributed by atoms with Gasteiger partial charge in [-0.05, 0) is 43.7 Å². The summed E-state index contributed by atoms with van der Waals surface area (Å²) in [4.78, 5) is 12.0. The second-order valence-corrected chi connectivity index (χ2v) is 9.89. The van der Waals surface area contributed by atoms with E-state index in [1.165, 1.54) is 49.8 Å². The number of hydroxylamine groups is 1. The largest absolute Gasteiger partial charge is 0.497 e. The van der Waals surface area contributed by atoms with Crippen LogP contribution in [0.5, 0.6) is 5.75 Å². The molecular formula is C21H22F2N2O5S. The van der Waals surface area contributed by atoms with Gasteiger partial charge in [0, 0.05) is 41.6 Å². The molecule has 0 bridgehead atoms. The SMILES string of the molecule is COc1ccc(-c2cc3ccn(CCC(C)(C(=O)NO)S(C)(=O)=O)c3cc2F)c(F)c1. The van der Waals surface area contributed by atoms with Crippen molar-refractivity contribution < 1.29 is 31.9 Å². The average molecular weight is 452 g/mol. The third-order valence-electron chi connectivity index (χ3n) is 5.56. The first-order chi connectivity index (χ1) is 14.5. The Balaban J connectivity index is 1.97. The van der Waals surface area contributed by atoms with E-state index in [4.69, 9.17) is 9.94 Å². The highest BCUT2D eigenvalue weighted by atomic mass is 32.2. The number of amides is 1. The van der Waals surface area contributed by atoms with Gasteiger partial charge >= 0.3 is 0 Å². The van der Waals surface area contributed by atoms with Crippen LogP contribution in [0, 0.1) is 11.6 Å². The van der Waals surface area contributed by atoms with Gasteiger partial charge in [-0.3, -0.25) is 10.0 Å². The minimum atomic E-state index is -3.86. The normalized spacial score (nSPS) is 13.7.